The Morgan fingerprint density at radius 1 is 1.10 bits per heavy atom. The van der Waals surface area contributed by atoms with E-state index in [-0.39, 0.29) is 36.1 Å². The van der Waals surface area contributed by atoms with Crippen LogP contribution in [-0.4, -0.2) is 89.6 Å². The lowest BCUT2D eigenvalue weighted by Gasteiger charge is -2.43. The van der Waals surface area contributed by atoms with E-state index in [9.17, 15) is 18.3 Å². The van der Waals surface area contributed by atoms with Gasteiger partial charge in [0.15, 0.2) is 0 Å². The Hall–Kier alpha value is -3.58. The fourth-order valence-electron chi connectivity index (χ4n) is 6.18. The Morgan fingerprint density at radius 3 is 2.62 bits per heavy atom. The van der Waals surface area contributed by atoms with E-state index in [2.05, 4.69) is 20.2 Å². The number of ether oxygens (including phenoxy) is 2. The molecule has 1 spiro atoms. The molecule has 12 heteroatoms. The highest BCUT2D eigenvalue weighted by atomic mass is 32.2. The second-order valence-corrected chi connectivity index (χ2v) is 13.1. The molecular formula is C30H35N5O6S. The first-order chi connectivity index (χ1) is 20.3. The van der Waals surface area contributed by atoms with Crippen LogP contribution in [0, 0.1) is 0 Å². The van der Waals surface area contributed by atoms with Crippen molar-refractivity contribution in [1.82, 2.24) is 24.5 Å². The van der Waals surface area contributed by atoms with Crippen molar-refractivity contribution < 1.29 is 27.8 Å². The maximum atomic E-state index is 14.0. The summed E-state index contributed by atoms with van der Waals surface area (Å²) in [7, 11) is -2.56. The van der Waals surface area contributed by atoms with Crippen LogP contribution >= 0.6 is 0 Å². The first-order valence-corrected chi connectivity index (χ1v) is 15.6. The molecule has 0 aliphatic carbocycles. The van der Waals surface area contributed by atoms with E-state index in [1.807, 2.05) is 24.3 Å². The summed E-state index contributed by atoms with van der Waals surface area (Å²) < 4.78 is 40.7. The van der Waals surface area contributed by atoms with Crippen molar-refractivity contribution in [3.05, 3.63) is 66.7 Å². The van der Waals surface area contributed by atoms with Gasteiger partial charge in [0, 0.05) is 62.5 Å². The minimum atomic E-state index is -4.16. The fraction of sp³-hybridized carbons (Fsp3) is 0.433. The van der Waals surface area contributed by atoms with Crippen LogP contribution in [-0.2, 0) is 21.4 Å². The number of likely N-dealkylation sites (tertiary alicyclic amines) is 1. The van der Waals surface area contributed by atoms with Crippen LogP contribution in [0.5, 0.6) is 11.5 Å². The number of carbonyl (C=O) groups excluding carboxylic acids is 1. The van der Waals surface area contributed by atoms with Gasteiger partial charge in [-0.25, -0.2) is 18.4 Å². The highest BCUT2D eigenvalue weighted by Crippen LogP contribution is 2.37. The van der Waals surface area contributed by atoms with E-state index in [0.29, 0.717) is 31.6 Å². The van der Waals surface area contributed by atoms with Crippen LogP contribution in [0.3, 0.4) is 0 Å². The third-order valence-corrected chi connectivity index (χ3v) is 10.4. The maximum absolute atomic E-state index is 14.0. The number of hydrogen-bond donors (Lipinski definition) is 2. The van der Waals surface area contributed by atoms with Crippen LogP contribution < -0.4 is 14.8 Å². The van der Waals surface area contributed by atoms with Gasteiger partial charge in [0.2, 0.25) is 15.9 Å². The average molecular weight is 594 g/mol. The number of piperidine rings is 1. The Balaban J connectivity index is 1.31. The molecule has 222 valence electrons. The molecule has 3 aliphatic rings. The molecule has 1 aromatic heterocycles. The van der Waals surface area contributed by atoms with Gasteiger partial charge in [-0.1, -0.05) is 18.2 Å². The number of nitrogens with zero attached hydrogens (tertiary/aromatic N) is 4. The maximum Gasteiger partial charge on any atom is 0.247 e. The van der Waals surface area contributed by atoms with Gasteiger partial charge in [-0.2, -0.15) is 4.31 Å². The zero-order chi connectivity index (χ0) is 29.3. The zero-order valence-corrected chi connectivity index (χ0v) is 24.3. The molecule has 2 atom stereocenters. The van der Waals surface area contributed by atoms with Gasteiger partial charge >= 0.3 is 0 Å². The van der Waals surface area contributed by atoms with Gasteiger partial charge in [0.25, 0.3) is 0 Å². The minimum Gasteiger partial charge on any atom is -0.497 e. The fourth-order valence-corrected chi connectivity index (χ4v) is 7.93. The summed E-state index contributed by atoms with van der Waals surface area (Å²) in [6.45, 7) is 2.26. The normalized spacial score (nSPS) is 24.1. The molecular weight excluding hydrogens is 558 g/mol. The first-order valence-electron chi connectivity index (χ1n) is 14.2. The molecule has 2 N–H and O–H groups in total. The number of benzene rings is 2. The van der Waals surface area contributed by atoms with Gasteiger partial charge in [-0.05, 0) is 48.2 Å². The third-order valence-electron chi connectivity index (χ3n) is 8.53. The number of sulfonamides is 1. The van der Waals surface area contributed by atoms with Crippen molar-refractivity contribution in [2.75, 3.05) is 33.4 Å². The van der Waals surface area contributed by atoms with Crippen LogP contribution in [0.4, 0.5) is 0 Å². The van der Waals surface area contributed by atoms with Gasteiger partial charge in [0.05, 0.1) is 19.8 Å². The summed E-state index contributed by atoms with van der Waals surface area (Å²) in [5.74, 6) is 0.530. The highest BCUT2D eigenvalue weighted by Gasteiger charge is 2.47. The van der Waals surface area contributed by atoms with Crippen molar-refractivity contribution in [1.29, 1.82) is 0 Å². The molecule has 0 unspecified atom stereocenters. The molecule has 2 fully saturated rings. The standard InChI is InChI=1S/C30H35N5O6S/c1-40-25-4-2-3-22(13-25)23-5-6-28-27(14-23)41-12-9-30(7-10-34(11-8-30)18-21-16-31-20-32-17-21)33-29(37)26-15-24(36)19-35(26)42(28,38)39/h2-6,13-14,16-17,20,24,26,36H,7-12,15,18-19H2,1H3,(H,33,37)/t24-,26+/m1/s1. The second kappa shape index (κ2) is 11.6. The van der Waals surface area contributed by atoms with Gasteiger partial charge in [0.1, 0.15) is 28.8 Å². The molecule has 42 heavy (non-hydrogen) atoms. The Kier molecular flexibility index (Phi) is 7.88. The number of aliphatic hydroxyl groups is 1. The monoisotopic (exact) mass is 593 g/mol. The Morgan fingerprint density at radius 2 is 1.86 bits per heavy atom. The molecule has 2 saturated heterocycles. The molecule has 11 nitrogen and oxygen atoms in total. The summed E-state index contributed by atoms with van der Waals surface area (Å²) in [5.41, 5.74) is 2.08. The molecule has 4 heterocycles. The minimum absolute atomic E-state index is 0.0168. The van der Waals surface area contributed by atoms with Crippen LogP contribution in [0.15, 0.2) is 66.1 Å². The summed E-state index contributed by atoms with van der Waals surface area (Å²) in [6, 6.07) is 11.5. The van der Waals surface area contributed by atoms with Gasteiger partial charge in [-0.3, -0.25) is 9.69 Å². The van der Waals surface area contributed by atoms with Crippen molar-refractivity contribution in [2.45, 2.75) is 54.8 Å². The lowest BCUT2D eigenvalue weighted by molar-refractivity contribution is -0.127. The van der Waals surface area contributed by atoms with Crippen LogP contribution in [0.2, 0.25) is 0 Å². The van der Waals surface area contributed by atoms with Crippen molar-refractivity contribution >= 4 is 15.9 Å². The van der Waals surface area contributed by atoms with E-state index in [1.54, 1.807) is 31.6 Å². The number of fused-ring (bicyclic) bond motifs is 2. The number of aliphatic hydroxyl groups excluding tert-OH is 1. The second-order valence-electron chi connectivity index (χ2n) is 11.3. The number of carbonyl (C=O) groups is 1. The predicted molar refractivity (Wildman–Crippen MR) is 154 cm³/mol. The zero-order valence-electron chi connectivity index (χ0n) is 23.5. The van der Waals surface area contributed by atoms with E-state index >= 15 is 0 Å². The molecule has 3 aromatic rings. The highest BCUT2D eigenvalue weighted by molar-refractivity contribution is 7.89. The quantitative estimate of drug-likeness (QED) is 0.467. The van der Waals surface area contributed by atoms with Crippen LogP contribution in [0.1, 0.15) is 31.2 Å². The predicted octanol–water partition coefficient (Wildman–Crippen LogP) is 2.21. The summed E-state index contributed by atoms with van der Waals surface area (Å²) in [4.78, 5) is 24.2. The number of rotatable bonds is 4. The Bertz CT molecular complexity index is 1540. The topological polar surface area (TPSA) is 134 Å². The number of amides is 1. The van der Waals surface area contributed by atoms with E-state index in [0.717, 1.165) is 34.1 Å². The lowest BCUT2D eigenvalue weighted by atomic mass is 9.84. The molecule has 0 radical (unpaired) electrons. The van der Waals surface area contributed by atoms with Crippen molar-refractivity contribution in [3.8, 4) is 22.6 Å². The van der Waals surface area contributed by atoms with E-state index < -0.39 is 27.7 Å². The van der Waals surface area contributed by atoms with Crippen molar-refractivity contribution in [2.24, 2.45) is 0 Å². The molecule has 3 aliphatic heterocycles. The number of hydrogen-bond acceptors (Lipinski definition) is 9. The van der Waals surface area contributed by atoms with Gasteiger partial charge < -0.3 is 19.9 Å². The Labute approximate surface area is 245 Å². The number of methoxy groups -OCH3 is 1. The first kappa shape index (κ1) is 28.5. The van der Waals surface area contributed by atoms with Crippen molar-refractivity contribution in [3.63, 3.8) is 0 Å². The largest absolute Gasteiger partial charge is 0.497 e. The SMILES string of the molecule is COc1cccc(-c2ccc3c(c2)OCCC2(CCN(Cc4cncnc4)CC2)NC(=O)[C@@H]2C[C@@H](O)CN2S3(=O)=O)c1. The molecule has 1 amide bonds. The third kappa shape index (κ3) is 5.71. The smallest absolute Gasteiger partial charge is 0.247 e. The van der Waals surface area contributed by atoms with Gasteiger partial charge in [-0.15, -0.1) is 0 Å². The lowest BCUT2D eigenvalue weighted by Crippen LogP contribution is -2.59. The summed E-state index contributed by atoms with van der Waals surface area (Å²) >= 11 is 0. The molecule has 2 aromatic carbocycles. The summed E-state index contributed by atoms with van der Waals surface area (Å²) in [5, 5.41) is 13.7. The molecule has 6 rings (SSSR count). The number of nitrogens with one attached hydrogen (secondary N) is 1. The van der Waals surface area contributed by atoms with E-state index in [1.165, 1.54) is 12.4 Å². The molecule has 0 saturated carbocycles. The molecule has 0 bridgehead atoms. The van der Waals surface area contributed by atoms with Crippen LogP contribution in [0.25, 0.3) is 11.1 Å². The number of aromatic nitrogens is 2. The average Bonchev–Trinajstić information content (AvgIpc) is 3.41. The summed E-state index contributed by atoms with van der Waals surface area (Å²) in [6.07, 6.45) is 6.08. The van der Waals surface area contributed by atoms with E-state index in [4.69, 9.17) is 9.47 Å².